The summed E-state index contributed by atoms with van der Waals surface area (Å²) in [7, 11) is 0. The van der Waals surface area contributed by atoms with E-state index in [0.717, 1.165) is 11.1 Å². The highest BCUT2D eigenvalue weighted by Crippen LogP contribution is 2.22. The van der Waals surface area contributed by atoms with E-state index >= 15 is 0 Å². The van der Waals surface area contributed by atoms with Crippen molar-refractivity contribution in [3.05, 3.63) is 92.9 Å². The van der Waals surface area contributed by atoms with Crippen LogP contribution in [0.15, 0.2) is 65.5 Å². The maximum absolute atomic E-state index is 12.6. The van der Waals surface area contributed by atoms with Gasteiger partial charge in [-0.05, 0) is 23.3 Å². The summed E-state index contributed by atoms with van der Waals surface area (Å²) < 4.78 is 1.18. The van der Waals surface area contributed by atoms with E-state index in [-0.39, 0.29) is 16.8 Å². The van der Waals surface area contributed by atoms with Gasteiger partial charge < -0.3 is 10.7 Å². The molecule has 0 bridgehead atoms. The molecule has 0 saturated heterocycles. The Morgan fingerprint density at radius 2 is 1.81 bits per heavy atom. The summed E-state index contributed by atoms with van der Waals surface area (Å²) in [5, 5.41) is 4.92. The molecule has 0 aliphatic heterocycles. The monoisotopic (exact) mass is 378 g/mol. The molecule has 0 radical (unpaired) electrons. The molecule has 0 aliphatic rings. The minimum absolute atomic E-state index is 0.215. The number of nitrogens with zero attached hydrogens (tertiary/aromatic N) is 2. The Kier molecular flexibility index (Phi) is 4.25. The molecule has 4 aromatic rings. The third-order valence-electron chi connectivity index (χ3n) is 4.30. The normalized spacial score (nSPS) is 11.0. The second-order valence-electron chi connectivity index (χ2n) is 6.14. The molecule has 134 valence electrons. The Morgan fingerprint density at radius 3 is 2.48 bits per heavy atom. The van der Waals surface area contributed by atoms with Crippen LogP contribution < -0.4 is 11.3 Å². The van der Waals surface area contributed by atoms with Crippen molar-refractivity contribution in [2.24, 2.45) is 5.73 Å². The number of carbonyl (C=O) groups is 1. The van der Waals surface area contributed by atoms with Gasteiger partial charge in [0.2, 0.25) is 0 Å². The Balaban J connectivity index is 1.90. The van der Waals surface area contributed by atoms with Crippen LogP contribution >= 0.6 is 11.6 Å². The van der Waals surface area contributed by atoms with E-state index < -0.39 is 5.91 Å². The first kappa shape index (κ1) is 17.1. The lowest BCUT2D eigenvalue weighted by Gasteiger charge is -2.04. The first-order chi connectivity index (χ1) is 13.0. The molecule has 0 spiro atoms. The van der Waals surface area contributed by atoms with Gasteiger partial charge in [0.05, 0.1) is 11.4 Å². The number of halogens is 1. The molecule has 0 aliphatic carbocycles. The summed E-state index contributed by atoms with van der Waals surface area (Å²) >= 11 is 5.93. The molecule has 4 rings (SSSR count). The molecule has 27 heavy (non-hydrogen) atoms. The smallest absolute Gasteiger partial charge is 0.274 e. The molecule has 7 heteroatoms. The van der Waals surface area contributed by atoms with E-state index in [1.54, 1.807) is 24.3 Å². The molecule has 1 amide bonds. The number of H-pyrrole nitrogens is 1. The van der Waals surface area contributed by atoms with Crippen LogP contribution in [0.5, 0.6) is 0 Å². The first-order valence-electron chi connectivity index (χ1n) is 8.27. The number of carbonyl (C=O) groups excluding carboxylic acids is 1. The third-order valence-corrected chi connectivity index (χ3v) is 4.56. The topological polar surface area (TPSA) is 93.2 Å². The third kappa shape index (κ3) is 3.22. The maximum atomic E-state index is 12.6. The van der Waals surface area contributed by atoms with Crippen LogP contribution in [0.25, 0.3) is 16.9 Å². The molecule has 0 fully saturated rings. The molecule has 0 atom stereocenters. The second kappa shape index (κ2) is 6.74. The van der Waals surface area contributed by atoms with Gasteiger partial charge in [0.25, 0.3) is 11.5 Å². The van der Waals surface area contributed by atoms with Gasteiger partial charge in [0.15, 0.2) is 5.65 Å². The molecule has 0 unspecified atom stereocenters. The fourth-order valence-electron chi connectivity index (χ4n) is 3.04. The van der Waals surface area contributed by atoms with Crippen molar-refractivity contribution in [1.82, 2.24) is 14.6 Å². The van der Waals surface area contributed by atoms with E-state index in [1.807, 2.05) is 30.3 Å². The van der Waals surface area contributed by atoms with E-state index in [1.165, 1.54) is 10.6 Å². The predicted octanol–water partition coefficient (Wildman–Crippen LogP) is 3.03. The van der Waals surface area contributed by atoms with Crippen LogP contribution in [-0.2, 0) is 6.42 Å². The summed E-state index contributed by atoms with van der Waals surface area (Å²) in [6, 6.07) is 18.0. The fraction of sp³-hybridized carbons (Fsp3) is 0.0500. The number of amides is 1. The number of fused-ring (bicyclic) bond motifs is 1. The van der Waals surface area contributed by atoms with E-state index in [9.17, 15) is 9.59 Å². The predicted molar refractivity (Wildman–Crippen MR) is 104 cm³/mol. The Bertz CT molecular complexity index is 1190. The number of nitrogens with one attached hydrogen (secondary N) is 1. The molecule has 3 N–H and O–H groups in total. The number of nitrogens with two attached hydrogens (primary N) is 1. The zero-order valence-electron chi connectivity index (χ0n) is 14.1. The van der Waals surface area contributed by atoms with Crippen molar-refractivity contribution in [3.63, 3.8) is 0 Å². The summed E-state index contributed by atoms with van der Waals surface area (Å²) in [5.74, 6) is -0.639. The van der Waals surface area contributed by atoms with Gasteiger partial charge in [-0.25, -0.2) is 0 Å². The lowest BCUT2D eigenvalue weighted by molar-refractivity contribution is 0.100. The molecular formula is C20H15ClN4O2. The number of hydrogen-bond acceptors (Lipinski definition) is 3. The lowest BCUT2D eigenvalue weighted by atomic mass is 10.1. The van der Waals surface area contributed by atoms with Crippen LogP contribution in [0.1, 0.15) is 21.6 Å². The Hall–Kier alpha value is -3.38. The number of rotatable bonds is 4. The van der Waals surface area contributed by atoms with Crippen LogP contribution in [0.4, 0.5) is 0 Å². The van der Waals surface area contributed by atoms with E-state index in [0.29, 0.717) is 22.8 Å². The summed E-state index contributed by atoms with van der Waals surface area (Å²) in [6.07, 6.45) is 0.393. The molecule has 2 heterocycles. The quantitative estimate of drug-likeness (QED) is 0.571. The van der Waals surface area contributed by atoms with E-state index in [2.05, 4.69) is 10.1 Å². The highest BCUT2D eigenvalue weighted by molar-refractivity contribution is 6.30. The highest BCUT2D eigenvalue weighted by atomic mass is 35.5. The van der Waals surface area contributed by atoms with Crippen molar-refractivity contribution in [2.45, 2.75) is 6.42 Å². The van der Waals surface area contributed by atoms with Crippen LogP contribution in [0.2, 0.25) is 5.02 Å². The number of aromatic nitrogens is 3. The average molecular weight is 379 g/mol. The number of aromatic amines is 1. The van der Waals surface area contributed by atoms with Gasteiger partial charge in [-0.1, -0.05) is 54.1 Å². The maximum Gasteiger partial charge on any atom is 0.274 e. The van der Waals surface area contributed by atoms with Crippen LogP contribution in [0.3, 0.4) is 0 Å². The minimum Gasteiger partial charge on any atom is -0.365 e. The fourth-order valence-corrected chi connectivity index (χ4v) is 3.17. The molecule has 2 aromatic heterocycles. The zero-order valence-corrected chi connectivity index (χ0v) is 14.9. The number of benzene rings is 2. The van der Waals surface area contributed by atoms with Gasteiger partial charge >= 0.3 is 0 Å². The standard InChI is InChI=1S/C20H15ClN4O2/c21-14-8-6-13(7-9-14)15-11-17(26)25-20(23-15)18(19(22)27)16(24-25)10-12-4-2-1-3-5-12/h1-9,11,23H,10H2,(H2,22,27). The Morgan fingerprint density at radius 1 is 1.11 bits per heavy atom. The van der Waals surface area contributed by atoms with Gasteiger partial charge in [0, 0.05) is 17.5 Å². The van der Waals surface area contributed by atoms with Crippen molar-refractivity contribution < 1.29 is 4.79 Å². The van der Waals surface area contributed by atoms with Crippen LogP contribution in [0, 0.1) is 0 Å². The van der Waals surface area contributed by atoms with Crippen molar-refractivity contribution in [1.29, 1.82) is 0 Å². The van der Waals surface area contributed by atoms with Gasteiger partial charge in [-0.3, -0.25) is 9.59 Å². The zero-order chi connectivity index (χ0) is 19.0. The summed E-state index contributed by atoms with van der Waals surface area (Å²) in [5.41, 5.74) is 8.49. The molecule has 2 aromatic carbocycles. The second-order valence-corrected chi connectivity index (χ2v) is 6.57. The largest absolute Gasteiger partial charge is 0.365 e. The van der Waals surface area contributed by atoms with Crippen LogP contribution in [-0.4, -0.2) is 20.5 Å². The molecular weight excluding hydrogens is 364 g/mol. The van der Waals surface area contributed by atoms with Gasteiger partial charge in [-0.2, -0.15) is 9.61 Å². The molecule has 0 saturated carbocycles. The number of hydrogen-bond donors (Lipinski definition) is 2. The summed E-state index contributed by atoms with van der Waals surface area (Å²) in [4.78, 5) is 27.8. The van der Waals surface area contributed by atoms with E-state index in [4.69, 9.17) is 17.3 Å². The van der Waals surface area contributed by atoms with Gasteiger partial charge in [-0.15, -0.1) is 0 Å². The lowest BCUT2D eigenvalue weighted by Crippen LogP contribution is -2.16. The molecule has 6 nitrogen and oxygen atoms in total. The Labute approximate surface area is 159 Å². The van der Waals surface area contributed by atoms with Crippen molar-refractivity contribution >= 4 is 23.2 Å². The highest BCUT2D eigenvalue weighted by Gasteiger charge is 2.20. The number of primary amides is 1. The van der Waals surface area contributed by atoms with Gasteiger partial charge in [0.1, 0.15) is 5.56 Å². The van der Waals surface area contributed by atoms with Crippen molar-refractivity contribution in [3.8, 4) is 11.3 Å². The van der Waals surface area contributed by atoms with Crippen molar-refractivity contribution in [2.75, 3.05) is 0 Å². The SMILES string of the molecule is NC(=O)c1c(Cc2ccccc2)nn2c(=O)cc(-c3ccc(Cl)cc3)[nH]c12. The average Bonchev–Trinajstić information content (AvgIpc) is 3.02. The first-order valence-corrected chi connectivity index (χ1v) is 8.65. The summed E-state index contributed by atoms with van der Waals surface area (Å²) in [6.45, 7) is 0. The minimum atomic E-state index is -0.639.